The van der Waals surface area contributed by atoms with E-state index in [2.05, 4.69) is 9.84 Å². The minimum Gasteiger partial charge on any atom is -0.469 e. The highest BCUT2D eigenvalue weighted by Gasteiger charge is 2.28. The second kappa shape index (κ2) is 7.23. The molecule has 0 spiro atoms. The highest BCUT2D eigenvalue weighted by atomic mass is 16.6. The summed E-state index contributed by atoms with van der Waals surface area (Å²) in [6.07, 6.45) is 1.56. The van der Waals surface area contributed by atoms with Crippen molar-refractivity contribution in [1.82, 2.24) is 14.7 Å². The summed E-state index contributed by atoms with van der Waals surface area (Å²) in [5.41, 5.74) is 1.26. The Morgan fingerprint density at radius 1 is 1.29 bits per heavy atom. The van der Waals surface area contributed by atoms with Gasteiger partial charge in [0.15, 0.2) is 0 Å². The van der Waals surface area contributed by atoms with Crippen LogP contribution in [-0.2, 0) is 20.7 Å². The van der Waals surface area contributed by atoms with E-state index >= 15 is 0 Å². The molecule has 0 radical (unpaired) electrons. The summed E-state index contributed by atoms with van der Waals surface area (Å²) >= 11 is 0. The van der Waals surface area contributed by atoms with E-state index in [1.807, 2.05) is 38.4 Å². The Balaban J connectivity index is 1.95. The van der Waals surface area contributed by atoms with Crippen LogP contribution in [0.3, 0.4) is 0 Å². The average Bonchev–Trinajstić information content (AvgIpc) is 2.86. The molecule has 2 heterocycles. The van der Waals surface area contributed by atoms with Gasteiger partial charge in [0.05, 0.1) is 25.3 Å². The van der Waals surface area contributed by atoms with Crippen LogP contribution in [0.15, 0.2) is 6.07 Å². The lowest BCUT2D eigenvalue weighted by Crippen LogP contribution is -2.42. The molecule has 1 aliphatic rings. The minimum atomic E-state index is -0.477. The molecule has 0 saturated carbocycles. The van der Waals surface area contributed by atoms with E-state index in [9.17, 15) is 9.59 Å². The first-order chi connectivity index (χ1) is 11.2. The number of carbonyl (C=O) groups excluding carboxylic acids is 2. The summed E-state index contributed by atoms with van der Waals surface area (Å²) in [4.78, 5) is 25.2. The first-order valence-corrected chi connectivity index (χ1v) is 8.29. The predicted octanol–water partition coefficient (Wildman–Crippen LogP) is 2.48. The van der Waals surface area contributed by atoms with Crippen molar-refractivity contribution >= 4 is 12.1 Å². The highest BCUT2D eigenvalue weighted by molar-refractivity contribution is 5.71. The number of piperidine rings is 1. The Hall–Kier alpha value is -2.05. The third-order valence-corrected chi connectivity index (χ3v) is 3.99. The molecular weight excluding hydrogens is 310 g/mol. The molecule has 2 rings (SSSR count). The number of carbonyl (C=O) groups is 2. The molecule has 24 heavy (non-hydrogen) atoms. The number of hydrogen-bond donors (Lipinski definition) is 0. The quantitative estimate of drug-likeness (QED) is 0.792. The number of nitrogens with zero attached hydrogens (tertiary/aromatic N) is 3. The number of aromatic nitrogens is 2. The molecular formula is C17H27N3O4. The Morgan fingerprint density at radius 2 is 1.92 bits per heavy atom. The lowest BCUT2D eigenvalue weighted by Gasteiger charge is -2.33. The molecule has 7 heteroatoms. The van der Waals surface area contributed by atoms with Gasteiger partial charge in [-0.05, 0) is 46.6 Å². The molecule has 1 aromatic heterocycles. The molecule has 1 fully saturated rings. The standard InChI is InChI=1S/C17H27N3O4/c1-12-10-13(11-15(21)23-5)18-20(12)14-6-8-19(9-7-14)16(22)24-17(2,3)4/h10,14H,6-9,11H2,1-5H3. The Labute approximate surface area is 142 Å². The van der Waals surface area contributed by atoms with Gasteiger partial charge in [-0.25, -0.2) is 4.79 Å². The molecule has 0 N–H and O–H groups in total. The molecule has 0 atom stereocenters. The van der Waals surface area contributed by atoms with Gasteiger partial charge in [0.25, 0.3) is 0 Å². The number of likely N-dealkylation sites (tertiary alicyclic amines) is 1. The van der Waals surface area contributed by atoms with Crippen LogP contribution in [0, 0.1) is 6.92 Å². The summed E-state index contributed by atoms with van der Waals surface area (Å²) < 4.78 is 12.1. The molecule has 1 amide bonds. The summed E-state index contributed by atoms with van der Waals surface area (Å²) in [5.74, 6) is -0.292. The average molecular weight is 337 g/mol. The molecule has 0 unspecified atom stereocenters. The Bertz CT molecular complexity index is 595. The van der Waals surface area contributed by atoms with Crippen molar-refractivity contribution in [3.8, 4) is 0 Å². The molecule has 0 aromatic carbocycles. The molecule has 7 nitrogen and oxygen atoms in total. The second-order valence-electron chi connectivity index (χ2n) is 7.17. The van der Waals surface area contributed by atoms with Gasteiger partial charge in [-0.2, -0.15) is 5.10 Å². The zero-order valence-electron chi connectivity index (χ0n) is 15.2. The number of aryl methyl sites for hydroxylation is 1. The largest absolute Gasteiger partial charge is 0.469 e. The Kier molecular flexibility index (Phi) is 5.51. The van der Waals surface area contributed by atoms with E-state index in [1.165, 1.54) is 7.11 Å². The number of ether oxygens (including phenoxy) is 2. The van der Waals surface area contributed by atoms with Gasteiger partial charge in [-0.1, -0.05) is 0 Å². The molecule has 0 aliphatic carbocycles. The van der Waals surface area contributed by atoms with Gasteiger partial charge in [0, 0.05) is 18.8 Å². The van der Waals surface area contributed by atoms with Crippen LogP contribution in [-0.4, -0.2) is 52.5 Å². The number of rotatable bonds is 3. The van der Waals surface area contributed by atoms with Crippen molar-refractivity contribution in [1.29, 1.82) is 0 Å². The van der Waals surface area contributed by atoms with Crippen LogP contribution in [0.2, 0.25) is 0 Å². The number of hydrogen-bond acceptors (Lipinski definition) is 5. The van der Waals surface area contributed by atoms with E-state index in [4.69, 9.17) is 4.74 Å². The number of amides is 1. The molecule has 1 aromatic rings. The second-order valence-corrected chi connectivity index (χ2v) is 7.17. The maximum absolute atomic E-state index is 12.1. The van der Waals surface area contributed by atoms with Crippen LogP contribution in [0.5, 0.6) is 0 Å². The van der Waals surface area contributed by atoms with E-state index < -0.39 is 5.60 Å². The SMILES string of the molecule is COC(=O)Cc1cc(C)n(C2CCN(C(=O)OC(C)(C)C)CC2)n1. The minimum absolute atomic E-state index is 0.182. The molecule has 1 saturated heterocycles. The van der Waals surface area contributed by atoms with Crippen LogP contribution >= 0.6 is 0 Å². The molecule has 0 bridgehead atoms. The van der Waals surface area contributed by atoms with Crippen LogP contribution in [0.4, 0.5) is 4.79 Å². The van der Waals surface area contributed by atoms with E-state index in [0.717, 1.165) is 18.5 Å². The smallest absolute Gasteiger partial charge is 0.410 e. The van der Waals surface area contributed by atoms with Crippen molar-refractivity contribution in [3.63, 3.8) is 0 Å². The predicted molar refractivity (Wildman–Crippen MR) is 88.8 cm³/mol. The lowest BCUT2D eigenvalue weighted by atomic mass is 10.1. The fourth-order valence-electron chi connectivity index (χ4n) is 2.85. The van der Waals surface area contributed by atoms with Gasteiger partial charge < -0.3 is 14.4 Å². The van der Waals surface area contributed by atoms with Crippen LogP contribution < -0.4 is 0 Å². The van der Waals surface area contributed by atoms with Crippen molar-refractivity contribution in [2.24, 2.45) is 0 Å². The zero-order chi connectivity index (χ0) is 17.9. The maximum Gasteiger partial charge on any atom is 0.410 e. The summed E-state index contributed by atoms with van der Waals surface area (Å²) in [5, 5.41) is 4.53. The highest BCUT2D eigenvalue weighted by Crippen LogP contribution is 2.25. The van der Waals surface area contributed by atoms with Crippen molar-refractivity contribution in [2.45, 2.75) is 58.6 Å². The first-order valence-electron chi connectivity index (χ1n) is 8.29. The van der Waals surface area contributed by atoms with Gasteiger partial charge in [-0.15, -0.1) is 0 Å². The summed E-state index contributed by atoms with van der Waals surface area (Å²) in [7, 11) is 1.37. The first kappa shape index (κ1) is 18.3. The third-order valence-electron chi connectivity index (χ3n) is 3.99. The van der Waals surface area contributed by atoms with E-state index in [1.54, 1.807) is 4.90 Å². The fraction of sp³-hybridized carbons (Fsp3) is 0.706. The van der Waals surface area contributed by atoms with Crippen LogP contribution in [0.25, 0.3) is 0 Å². The van der Waals surface area contributed by atoms with Gasteiger partial charge in [0.1, 0.15) is 5.60 Å². The molecule has 134 valence electrons. The van der Waals surface area contributed by atoms with Crippen molar-refractivity contribution in [3.05, 3.63) is 17.5 Å². The summed E-state index contributed by atoms with van der Waals surface area (Å²) in [6, 6.07) is 2.15. The maximum atomic E-state index is 12.1. The fourth-order valence-corrected chi connectivity index (χ4v) is 2.85. The van der Waals surface area contributed by atoms with E-state index in [0.29, 0.717) is 18.8 Å². The van der Waals surface area contributed by atoms with E-state index in [-0.39, 0.29) is 24.5 Å². The molecule has 1 aliphatic heterocycles. The number of esters is 1. The normalized spacial score (nSPS) is 16.1. The lowest BCUT2D eigenvalue weighted by molar-refractivity contribution is -0.139. The topological polar surface area (TPSA) is 73.7 Å². The van der Waals surface area contributed by atoms with Gasteiger partial charge in [0.2, 0.25) is 0 Å². The van der Waals surface area contributed by atoms with Gasteiger partial charge >= 0.3 is 12.1 Å². The third kappa shape index (κ3) is 4.72. The van der Waals surface area contributed by atoms with Crippen LogP contribution in [0.1, 0.15) is 51.0 Å². The zero-order valence-corrected chi connectivity index (χ0v) is 15.2. The summed E-state index contributed by atoms with van der Waals surface area (Å²) in [6.45, 7) is 8.87. The number of methoxy groups -OCH3 is 1. The Morgan fingerprint density at radius 3 is 2.46 bits per heavy atom. The monoisotopic (exact) mass is 337 g/mol. The van der Waals surface area contributed by atoms with Gasteiger partial charge in [-0.3, -0.25) is 9.48 Å². The van der Waals surface area contributed by atoms with Crippen molar-refractivity contribution < 1.29 is 19.1 Å². The van der Waals surface area contributed by atoms with Crippen molar-refractivity contribution in [2.75, 3.05) is 20.2 Å².